The molecule has 0 saturated heterocycles. The van der Waals surface area contributed by atoms with E-state index in [1.807, 2.05) is 12.1 Å². The van der Waals surface area contributed by atoms with Crippen LogP contribution < -0.4 is 10.1 Å². The Bertz CT molecular complexity index is 479. The maximum atomic E-state index is 5.13. The molecule has 0 aliphatic heterocycles. The van der Waals surface area contributed by atoms with E-state index in [1.165, 1.54) is 14.7 Å². The number of rotatable bonds is 5. The third-order valence-electron chi connectivity index (χ3n) is 2.73. The van der Waals surface area contributed by atoms with E-state index in [0.29, 0.717) is 0 Å². The highest BCUT2D eigenvalue weighted by molar-refractivity contribution is 14.1. The molecule has 0 spiro atoms. The monoisotopic (exact) mass is 353 g/mol. The Labute approximate surface area is 122 Å². The highest BCUT2D eigenvalue weighted by Gasteiger charge is 1.96. The van der Waals surface area contributed by atoms with Crippen LogP contribution in [0.5, 0.6) is 5.75 Å². The summed E-state index contributed by atoms with van der Waals surface area (Å²) in [6.45, 7) is 1.76. The van der Waals surface area contributed by atoms with Gasteiger partial charge < -0.3 is 10.1 Å². The highest BCUT2D eigenvalue weighted by atomic mass is 127. The van der Waals surface area contributed by atoms with E-state index >= 15 is 0 Å². The van der Waals surface area contributed by atoms with Gasteiger partial charge in [0.25, 0.3) is 0 Å². The number of hydrogen-bond donors (Lipinski definition) is 1. The van der Waals surface area contributed by atoms with Crippen LogP contribution in [0.4, 0.5) is 0 Å². The van der Waals surface area contributed by atoms with Crippen molar-refractivity contribution >= 4 is 22.6 Å². The normalized spacial score (nSPS) is 10.3. The van der Waals surface area contributed by atoms with E-state index in [2.05, 4.69) is 64.3 Å². The van der Waals surface area contributed by atoms with Crippen molar-refractivity contribution in [3.63, 3.8) is 0 Å². The maximum Gasteiger partial charge on any atom is 0.118 e. The summed E-state index contributed by atoms with van der Waals surface area (Å²) in [5, 5.41) is 3.43. The van der Waals surface area contributed by atoms with E-state index in [1.54, 1.807) is 7.11 Å². The average molecular weight is 353 g/mol. The van der Waals surface area contributed by atoms with Gasteiger partial charge in [-0.1, -0.05) is 24.3 Å². The zero-order valence-electron chi connectivity index (χ0n) is 10.3. The third-order valence-corrected chi connectivity index (χ3v) is 3.45. The number of halogens is 1. The Kier molecular flexibility index (Phi) is 5.01. The fourth-order valence-electron chi connectivity index (χ4n) is 1.70. The van der Waals surface area contributed by atoms with Crippen LogP contribution in [-0.4, -0.2) is 7.11 Å². The van der Waals surface area contributed by atoms with Crippen LogP contribution in [-0.2, 0) is 13.1 Å². The zero-order chi connectivity index (χ0) is 12.8. The molecular weight excluding hydrogens is 337 g/mol. The lowest BCUT2D eigenvalue weighted by atomic mass is 10.2. The third kappa shape index (κ3) is 3.99. The predicted octanol–water partition coefficient (Wildman–Crippen LogP) is 3.59. The van der Waals surface area contributed by atoms with Gasteiger partial charge in [-0.3, -0.25) is 0 Å². The summed E-state index contributed by atoms with van der Waals surface area (Å²) >= 11 is 2.32. The number of ether oxygens (including phenoxy) is 1. The number of methoxy groups -OCH3 is 1. The smallest absolute Gasteiger partial charge is 0.118 e. The van der Waals surface area contributed by atoms with Gasteiger partial charge in [-0.05, 0) is 58.0 Å². The molecule has 0 saturated carbocycles. The summed E-state index contributed by atoms with van der Waals surface area (Å²) in [5.74, 6) is 0.899. The largest absolute Gasteiger partial charge is 0.497 e. The molecule has 0 aromatic heterocycles. The Morgan fingerprint density at radius 1 is 0.889 bits per heavy atom. The first kappa shape index (κ1) is 13.4. The van der Waals surface area contributed by atoms with Crippen molar-refractivity contribution < 1.29 is 4.74 Å². The van der Waals surface area contributed by atoms with Gasteiger partial charge in [0.05, 0.1) is 7.11 Å². The van der Waals surface area contributed by atoms with E-state index in [4.69, 9.17) is 4.74 Å². The molecule has 0 unspecified atom stereocenters. The molecule has 1 N–H and O–H groups in total. The molecule has 18 heavy (non-hydrogen) atoms. The first-order valence-electron chi connectivity index (χ1n) is 5.86. The molecule has 0 radical (unpaired) electrons. The van der Waals surface area contributed by atoms with E-state index in [-0.39, 0.29) is 0 Å². The molecule has 0 aliphatic rings. The van der Waals surface area contributed by atoms with Crippen molar-refractivity contribution in [3.05, 3.63) is 63.2 Å². The summed E-state index contributed by atoms with van der Waals surface area (Å²) in [6, 6.07) is 16.7. The maximum absolute atomic E-state index is 5.13. The van der Waals surface area contributed by atoms with Crippen molar-refractivity contribution in [2.24, 2.45) is 0 Å². The van der Waals surface area contributed by atoms with Crippen LogP contribution in [0.2, 0.25) is 0 Å². The lowest BCUT2D eigenvalue weighted by molar-refractivity contribution is 0.414. The van der Waals surface area contributed by atoms with Gasteiger partial charge in [0.1, 0.15) is 5.75 Å². The second kappa shape index (κ2) is 6.75. The molecule has 2 nitrogen and oxygen atoms in total. The van der Waals surface area contributed by atoms with Gasteiger partial charge in [0, 0.05) is 16.7 Å². The lowest BCUT2D eigenvalue weighted by Gasteiger charge is -2.06. The Morgan fingerprint density at radius 2 is 1.39 bits per heavy atom. The molecule has 0 aliphatic carbocycles. The molecule has 0 bridgehead atoms. The second-order valence-electron chi connectivity index (χ2n) is 4.08. The minimum Gasteiger partial charge on any atom is -0.497 e. The van der Waals surface area contributed by atoms with Gasteiger partial charge in [-0.25, -0.2) is 0 Å². The number of hydrogen-bond acceptors (Lipinski definition) is 2. The van der Waals surface area contributed by atoms with Crippen LogP contribution in [0.25, 0.3) is 0 Å². The Hall–Kier alpha value is -1.07. The predicted molar refractivity (Wildman–Crippen MR) is 82.7 cm³/mol. The standard InChI is InChI=1S/C15H16INO/c1-18-15-8-4-13(5-9-15)11-17-10-12-2-6-14(16)7-3-12/h2-9,17H,10-11H2,1H3. The fourth-order valence-corrected chi connectivity index (χ4v) is 2.06. The first-order chi connectivity index (χ1) is 8.78. The molecule has 0 atom stereocenters. The van der Waals surface area contributed by atoms with Crippen LogP contribution in [0.1, 0.15) is 11.1 Å². The minimum absolute atomic E-state index is 0.871. The summed E-state index contributed by atoms with van der Waals surface area (Å²) in [7, 11) is 1.68. The van der Waals surface area contributed by atoms with Gasteiger partial charge in [0.2, 0.25) is 0 Å². The summed E-state index contributed by atoms with van der Waals surface area (Å²) in [5.41, 5.74) is 2.57. The molecule has 2 aromatic carbocycles. The number of nitrogens with one attached hydrogen (secondary N) is 1. The molecule has 0 fully saturated rings. The van der Waals surface area contributed by atoms with Crippen LogP contribution >= 0.6 is 22.6 Å². The van der Waals surface area contributed by atoms with E-state index < -0.39 is 0 Å². The molecule has 3 heteroatoms. The molecule has 2 aromatic rings. The molecule has 94 valence electrons. The fraction of sp³-hybridized carbons (Fsp3) is 0.200. The molecule has 0 heterocycles. The van der Waals surface area contributed by atoms with Gasteiger partial charge >= 0.3 is 0 Å². The summed E-state index contributed by atoms with van der Waals surface area (Å²) in [6.07, 6.45) is 0. The Balaban J connectivity index is 1.82. The molecular formula is C15H16INO. The summed E-state index contributed by atoms with van der Waals surface area (Å²) < 4.78 is 6.40. The van der Waals surface area contributed by atoms with Gasteiger partial charge in [-0.15, -0.1) is 0 Å². The topological polar surface area (TPSA) is 21.3 Å². The quantitative estimate of drug-likeness (QED) is 0.830. The lowest BCUT2D eigenvalue weighted by Crippen LogP contribution is -2.12. The van der Waals surface area contributed by atoms with Crippen molar-refractivity contribution in [1.29, 1.82) is 0 Å². The van der Waals surface area contributed by atoms with Crippen molar-refractivity contribution in [3.8, 4) is 5.75 Å². The van der Waals surface area contributed by atoms with E-state index in [9.17, 15) is 0 Å². The highest BCUT2D eigenvalue weighted by Crippen LogP contribution is 2.11. The van der Waals surface area contributed by atoms with Crippen molar-refractivity contribution in [2.75, 3.05) is 7.11 Å². The molecule has 2 rings (SSSR count). The zero-order valence-corrected chi connectivity index (χ0v) is 12.5. The van der Waals surface area contributed by atoms with Gasteiger partial charge in [0.15, 0.2) is 0 Å². The number of benzene rings is 2. The summed E-state index contributed by atoms with van der Waals surface area (Å²) in [4.78, 5) is 0. The Morgan fingerprint density at radius 3 is 1.89 bits per heavy atom. The average Bonchev–Trinajstić information content (AvgIpc) is 2.42. The van der Waals surface area contributed by atoms with Crippen LogP contribution in [0.3, 0.4) is 0 Å². The molecule has 0 amide bonds. The van der Waals surface area contributed by atoms with Crippen LogP contribution in [0, 0.1) is 3.57 Å². The minimum atomic E-state index is 0.871. The van der Waals surface area contributed by atoms with Crippen LogP contribution in [0.15, 0.2) is 48.5 Å². The first-order valence-corrected chi connectivity index (χ1v) is 6.94. The SMILES string of the molecule is COc1ccc(CNCc2ccc(I)cc2)cc1. The van der Waals surface area contributed by atoms with Crippen molar-refractivity contribution in [2.45, 2.75) is 13.1 Å². The van der Waals surface area contributed by atoms with E-state index in [0.717, 1.165) is 18.8 Å². The van der Waals surface area contributed by atoms with Crippen molar-refractivity contribution in [1.82, 2.24) is 5.32 Å². The second-order valence-corrected chi connectivity index (χ2v) is 5.32. The van der Waals surface area contributed by atoms with Gasteiger partial charge in [-0.2, -0.15) is 0 Å².